The molecular formula is C24H26O6. The maximum absolute atomic E-state index is 12.6. The number of hydrogen-bond donors (Lipinski definition) is 0. The van der Waals surface area contributed by atoms with Gasteiger partial charge in [0, 0.05) is 30.4 Å². The highest BCUT2D eigenvalue weighted by Crippen LogP contribution is 2.51. The second-order valence-corrected chi connectivity index (χ2v) is 7.71. The molecule has 0 radical (unpaired) electrons. The normalized spacial score (nSPS) is 16.0. The highest BCUT2D eigenvalue weighted by atomic mass is 16.6. The molecule has 2 aromatic rings. The molecule has 2 aromatic carbocycles. The molecule has 1 saturated carbocycles. The molecule has 1 fully saturated rings. The number of rotatable bonds is 8. The first kappa shape index (κ1) is 20.3. The van der Waals surface area contributed by atoms with Crippen molar-refractivity contribution in [1.82, 2.24) is 0 Å². The van der Waals surface area contributed by atoms with E-state index in [0.29, 0.717) is 43.1 Å². The van der Waals surface area contributed by atoms with Crippen molar-refractivity contribution in [1.29, 1.82) is 0 Å². The standard InChI is InChI=1S/C24H26O6/c1-4-13-29-23(26)24(11-12-24)30-21-18(8-10-20(27-2)22(21)28-3)16-5-7-17-15(14-16)6-9-19(17)25/h5,7-8,10,14H,4,6,9,11-13H2,1-3H3. The first-order chi connectivity index (χ1) is 14.5. The predicted molar refractivity (Wildman–Crippen MR) is 111 cm³/mol. The van der Waals surface area contributed by atoms with Crippen LogP contribution in [0.5, 0.6) is 17.2 Å². The van der Waals surface area contributed by atoms with Gasteiger partial charge in [0.1, 0.15) is 0 Å². The van der Waals surface area contributed by atoms with Crippen molar-refractivity contribution in [3.63, 3.8) is 0 Å². The maximum Gasteiger partial charge on any atom is 0.350 e. The smallest absolute Gasteiger partial charge is 0.350 e. The third-order valence-corrected chi connectivity index (χ3v) is 5.65. The number of ketones is 1. The van der Waals surface area contributed by atoms with Gasteiger partial charge in [-0.15, -0.1) is 0 Å². The van der Waals surface area contributed by atoms with Gasteiger partial charge >= 0.3 is 5.97 Å². The molecule has 2 aliphatic rings. The van der Waals surface area contributed by atoms with Crippen LogP contribution in [0.3, 0.4) is 0 Å². The Morgan fingerprint density at radius 3 is 2.43 bits per heavy atom. The Labute approximate surface area is 176 Å². The fourth-order valence-electron chi connectivity index (χ4n) is 3.83. The quantitative estimate of drug-likeness (QED) is 0.602. The summed E-state index contributed by atoms with van der Waals surface area (Å²) in [5.41, 5.74) is 2.50. The van der Waals surface area contributed by atoms with Crippen LogP contribution < -0.4 is 14.2 Å². The van der Waals surface area contributed by atoms with Crippen molar-refractivity contribution in [3.8, 4) is 28.4 Å². The van der Waals surface area contributed by atoms with Gasteiger partial charge in [0.05, 0.1) is 20.8 Å². The summed E-state index contributed by atoms with van der Waals surface area (Å²) in [5.74, 6) is 1.23. The van der Waals surface area contributed by atoms with Crippen LogP contribution in [0.25, 0.3) is 11.1 Å². The summed E-state index contributed by atoms with van der Waals surface area (Å²) in [6, 6.07) is 9.49. The van der Waals surface area contributed by atoms with E-state index in [0.717, 1.165) is 35.1 Å². The summed E-state index contributed by atoms with van der Waals surface area (Å²) in [7, 11) is 3.11. The van der Waals surface area contributed by atoms with Crippen LogP contribution in [0.2, 0.25) is 0 Å². The van der Waals surface area contributed by atoms with Crippen LogP contribution in [0.4, 0.5) is 0 Å². The molecule has 6 nitrogen and oxygen atoms in total. The lowest BCUT2D eigenvalue weighted by Crippen LogP contribution is -2.32. The van der Waals surface area contributed by atoms with Crippen LogP contribution in [0, 0.1) is 0 Å². The van der Waals surface area contributed by atoms with Gasteiger partial charge in [-0.2, -0.15) is 0 Å². The molecule has 6 heteroatoms. The van der Waals surface area contributed by atoms with Crippen LogP contribution in [-0.4, -0.2) is 38.2 Å². The molecule has 2 aliphatic carbocycles. The van der Waals surface area contributed by atoms with E-state index in [9.17, 15) is 9.59 Å². The zero-order valence-corrected chi connectivity index (χ0v) is 17.6. The third-order valence-electron chi connectivity index (χ3n) is 5.65. The van der Waals surface area contributed by atoms with Crippen molar-refractivity contribution in [2.75, 3.05) is 20.8 Å². The number of carbonyl (C=O) groups is 2. The molecule has 0 bridgehead atoms. The van der Waals surface area contributed by atoms with Crippen molar-refractivity contribution in [2.24, 2.45) is 0 Å². The first-order valence-electron chi connectivity index (χ1n) is 10.3. The Morgan fingerprint density at radius 1 is 1.00 bits per heavy atom. The van der Waals surface area contributed by atoms with Gasteiger partial charge in [-0.1, -0.05) is 25.1 Å². The minimum absolute atomic E-state index is 0.177. The van der Waals surface area contributed by atoms with Gasteiger partial charge in [-0.3, -0.25) is 4.79 Å². The van der Waals surface area contributed by atoms with Crippen LogP contribution in [0.15, 0.2) is 30.3 Å². The molecule has 0 aliphatic heterocycles. The average molecular weight is 410 g/mol. The molecule has 0 heterocycles. The summed E-state index contributed by atoms with van der Waals surface area (Å²) in [5, 5.41) is 0. The molecule has 158 valence electrons. The summed E-state index contributed by atoms with van der Waals surface area (Å²) < 4.78 is 22.7. The molecule has 0 unspecified atom stereocenters. The lowest BCUT2D eigenvalue weighted by Gasteiger charge is -2.22. The van der Waals surface area contributed by atoms with Gasteiger partial charge in [0.2, 0.25) is 11.4 Å². The maximum atomic E-state index is 12.6. The first-order valence-corrected chi connectivity index (χ1v) is 10.3. The Balaban J connectivity index is 1.77. The summed E-state index contributed by atoms with van der Waals surface area (Å²) in [6.07, 6.45) is 3.21. The van der Waals surface area contributed by atoms with E-state index < -0.39 is 5.60 Å². The van der Waals surface area contributed by atoms with E-state index >= 15 is 0 Å². The lowest BCUT2D eigenvalue weighted by atomic mass is 9.99. The minimum atomic E-state index is -0.990. The number of benzene rings is 2. The minimum Gasteiger partial charge on any atom is -0.493 e. The fraction of sp³-hybridized carbons (Fsp3) is 0.417. The van der Waals surface area contributed by atoms with Gasteiger partial charge in [0.15, 0.2) is 17.3 Å². The Hall–Kier alpha value is -3.02. The number of ether oxygens (including phenoxy) is 4. The van der Waals surface area contributed by atoms with Gasteiger partial charge < -0.3 is 18.9 Å². The summed E-state index contributed by atoms with van der Waals surface area (Å²) in [4.78, 5) is 24.6. The van der Waals surface area contributed by atoms with E-state index in [1.54, 1.807) is 14.2 Å². The van der Waals surface area contributed by atoms with E-state index in [2.05, 4.69) is 0 Å². The van der Waals surface area contributed by atoms with E-state index in [4.69, 9.17) is 18.9 Å². The topological polar surface area (TPSA) is 71.1 Å². The monoisotopic (exact) mass is 410 g/mol. The lowest BCUT2D eigenvalue weighted by molar-refractivity contribution is -0.154. The zero-order chi connectivity index (χ0) is 21.3. The largest absolute Gasteiger partial charge is 0.493 e. The fourth-order valence-corrected chi connectivity index (χ4v) is 3.83. The van der Waals surface area contributed by atoms with Gasteiger partial charge in [0.25, 0.3) is 0 Å². The molecule has 0 spiro atoms. The number of fused-ring (bicyclic) bond motifs is 1. The van der Waals surface area contributed by atoms with E-state index in [1.807, 2.05) is 37.3 Å². The second kappa shape index (κ2) is 8.01. The Morgan fingerprint density at radius 2 is 1.77 bits per heavy atom. The third kappa shape index (κ3) is 3.51. The Kier molecular flexibility index (Phi) is 5.41. The molecule has 0 aromatic heterocycles. The highest BCUT2D eigenvalue weighted by Gasteiger charge is 2.55. The molecular weight excluding hydrogens is 384 g/mol. The summed E-state index contributed by atoms with van der Waals surface area (Å²) >= 11 is 0. The molecule has 0 saturated heterocycles. The predicted octanol–water partition coefficient (Wildman–Crippen LogP) is 4.36. The SMILES string of the molecule is CCCOC(=O)C1(Oc2c(-c3ccc4c(c3)CCC4=O)ccc(OC)c2OC)CC1. The molecule has 30 heavy (non-hydrogen) atoms. The number of hydrogen-bond acceptors (Lipinski definition) is 6. The summed E-state index contributed by atoms with van der Waals surface area (Å²) in [6.45, 7) is 2.32. The van der Waals surface area contributed by atoms with Crippen molar-refractivity contribution in [3.05, 3.63) is 41.5 Å². The molecule has 4 rings (SSSR count). The van der Waals surface area contributed by atoms with Gasteiger partial charge in [-0.05, 0) is 36.1 Å². The number of aryl methyl sites for hydroxylation is 1. The van der Waals surface area contributed by atoms with E-state index in [-0.39, 0.29) is 11.8 Å². The Bertz CT molecular complexity index is 989. The highest BCUT2D eigenvalue weighted by molar-refractivity contribution is 6.01. The number of Topliss-reactive ketones (excluding diaryl/α,β-unsaturated/α-hetero) is 1. The van der Waals surface area contributed by atoms with E-state index in [1.165, 1.54) is 0 Å². The molecule has 0 amide bonds. The van der Waals surface area contributed by atoms with Crippen molar-refractivity contribution in [2.45, 2.75) is 44.6 Å². The number of esters is 1. The van der Waals surface area contributed by atoms with Crippen LogP contribution >= 0.6 is 0 Å². The second-order valence-electron chi connectivity index (χ2n) is 7.71. The van der Waals surface area contributed by atoms with Crippen molar-refractivity contribution >= 4 is 11.8 Å². The average Bonchev–Trinajstić information content (AvgIpc) is 3.47. The van der Waals surface area contributed by atoms with Crippen molar-refractivity contribution < 1.29 is 28.5 Å². The van der Waals surface area contributed by atoms with Crippen LogP contribution in [0.1, 0.15) is 48.5 Å². The molecule has 0 N–H and O–H groups in total. The van der Waals surface area contributed by atoms with Gasteiger partial charge in [-0.25, -0.2) is 4.79 Å². The van der Waals surface area contributed by atoms with Crippen LogP contribution in [-0.2, 0) is 16.0 Å². The number of methoxy groups -OCH3 is 2. The zero-order valence-electron chi connectivity index (χ0n) is 17.6. The number of carbonyl (C=O) groups excluding carboxylic acids is 2. The molecule has 0 atom stereocenters.